The van der Waals surface area contributed by atoms with Gasteiger partial charge in [0.15, 0.2) is 0 Å². The van der Waals surface area contributed by atoms with E-state index in [-0.39, 0.29) is 6.54 Å². The lowest BCUT2D eigenvalue weighted by Crippen LogP contribution is -2.38. The molecule has 18 heavy (non-hydrogen) atoms. The normalized spacial score (nSPS) is 9.94. The number of halogens is 1. The standard InChI is InChI=1S/C12H15BrN2O3/c1-3-15(7-11(16)17)12(18)14-10-6-9(13)5-4-8(10)2/h4-6H,3,7H2,1-2H3,(H,14,18)(H,16,17). The van der Waals surface area contributed by atoms with Crippen molar-refractivity contribution in [3.8, 4) is 0 Å². The van der Waals surface area contributed by atoms with Gasteiger partial charge >= 0.3 is 12.0 Å². The van der Waals surface area contributed by atoms with Gasteiger partial charge in [0.25, 0.3) is 0 Å². The fraction of sp³-hybridized carbons (Fsp3) is 0.333. The van der Waals surface area contributed by atoms with Crippen LogP contribution in [0.4, 0.5) is 10.5 Å². The molecule has 2 N–H and O–H groups in total. The summed E-state index contributed by atoms with van der Waals surface area (Å²) < 4.78 is 0.852. The molecule has 5 nitrogen and oxygen atoms in total. The quantitative estimate of drug-likeness (QED) is 0.897. The Hall–Kier alpha value is -1.56. The van der Waals surface area contributed by atoms with E-state index in [4.69, 9.17) is 5.11 Å². The first-order chi connectivity index (χ1) is 8.43. The number of aliphatic carboxylic acids is 1. The Bertz CT molecular complexity index is 463. The topological polar surface area (TPSA) is 69.6 Å². The number of hydrogen-bond donors (Lipinski definition) is 2. The minimum Gasteiger partial charge on any atom is -0.480 e. The third-order valence-electron chi connectivity index (χ3n) is 2.44. The van der Waals surface area contributed by atoms with Gasteiger partial charge in [-0.25, -0.2) is 4.79 Å². The number of likely N-dealkylation sites (N-methyl/N-ethyl adjacent to an activating group) is 1. The summed E-state index contributed by atoms with van der Waals surface area (Å²) in [5.74, 6) is -1.03. The van der Waals surface area contributed by atoms with E-state index in [0.29, 0.717) is 12.2 Å². The van der Waals surface area contributed by atoms with E-state index in [1.54, 1.807) is 13.0 Å². The first-order valence-corrected chi connectivity index (χ1v) is 6.27. The van der Waals surface area contributed by atoms with E-state index in [0.717, 1.165) is 10.0 Å². The molecule has 0 atom stereocenters. The van der Waals surface area contributed by atoms with Gasteiger partial charge in [0, 0.05) is 16.7 Å². The molecule has 0 unspecified atom stereocenters. The highest BCUT2D eigenvalue weighted by Crippen LogP contribution is 2.20. The summed E-state index contributed by atoms with van der Waals surface area (Å²) >= 11 is 3.32. The molecule has 1 aromatic carbocycles. The molecule has 2 amide bonds. The molecule has 0 spiro atoms. The number of benzene rings is 1. The lowest BCUT2D eigenvalue weighted by Gasteiger charge is -2.20. The second-order valence-electron chi connectivity index (χ2n) is 3.80. The molecule has 0 fully saturated rings. The number of carbonyl (C=O) groups is 2. The van der Waals surface area contributed by atoms with Gasteiger partial charge in [0.2, 0.25) is 0 Å². The van der Waals surface area contributed by atoms with Crippen LogP contribution in [0.3, 0.4) is 0 Å². The van der Waals surface area contributed by atoms with Crippen molar-refractivity contribution in [1.82, 2.24) is 4.90 Å². The molecule has 0 aliphatic rings. The maximum Gasteiger partial charge on any atom is 0.323 e. The van der Waals surface area contributed by atoms with Gasteiger partial charge in [-0.15, -0.1) is 0 Å². The highest BCUT2D eigenvalue weighted by Gasteiger charge is 2.15. The molecule has 0 bridgehead atoms. The van der Waals surface area contributed by atoms with E-state index < -0.39 is 12.0 Å². The SMILES string of the molecule is CCN(CC(=O)O)C(=O)Nc1cc(Br)ccc1C. The number of nitrogens with one attached hydrogen (secondary N) is 1. The summed E-state index contributed by atoms with van der Waals surface area (Å²) in [6.45, 7) is 3.63. The highest BCUT2D eigenvalue weighted by atomic mass is 79.9. The van der Waals surface area contributed by atoms with Crippen molar-refractivity contribution < 1.29 is 14.7 Å². The van der Waals surface area contributed by atoms with Gasteiger partial charge < -0.3 is 15.3 Å². The number of carbonyl (C=O) groups excluding carboxylic acids is 1. The van der Waals surface area contributed by atoms with Crippen LogP contribution in [0.15, 0.2) is 22.7 Å². The average molecular weight is 315 g/mol. The van der Waals surface area contributed by atoms with Crippen molar-refractivity contribution >= 4 is 33.6 Å². The zero-order chi connectivity index (χ0) is 13.7. The largest absolute Gasteiger partial charge is 0.480 e. The molecular weight excluding hydrogens is 300 g/mol. The molecular formula is C12H15BrN2O3. The third-order valence-corrected chi connectivity index (χ3v) is 2.93. The molecule has 0 heterocycles. The number of hydrogen-bond acceptors (Lipinski definition) is 2. The molecule has 0 aromatic heterocycles. The summed E-state index contributed by atoms with van der Waals surface area (Å²) in [6, 6.07) is 5.11. The molecule has 98 valence electrons. The fourth-order valence-electron chi connectivity index (χ4n) is 1.41. The van der Waals surface area contributed by atoms with Crippen molar-refractivity contribution in [3.05, 3.63) is 28.2 Å². The van der Waals surface area contributed by atoms with Gasteiger partial charge in [-0.2, -0.15) is 0 Å². The molecule has 0 aliphatic carbocycles. The second-order valence-corrected chi connectivity index (χ2v) is 4.71. The van der Waals surface area contributed by atoms with Crippen molar-refractivity contribution in [3.63, 3.8) is 0 Å². The molecule has 6 heteroatoms. The van der Waals surface area contributed by atoms with Gasteiger partial charge in [-0.3, -0.25) is 4.79 Å². The number of rotatable bonds is 4. The number of carboxylic acids is 1. The third kappa shape index (κ3) is 4.03. The minimum atomic E-state index is -1.03. The van der Waals surface area contributed by atoms with Gasteiger partial charge in [0.1, 0.15) is 6.54 Å². The first-order valence-electron chi connectivity index (χ1n) is 5.48. The molecule has 1 aromatic rings. The van der Waals surface area contributed by atoms with Crippen LogP contribution in [0.2, 0.25) is 0 Å². The number of urea groups is 1. The van der Waals surface area contributed by atoms with Crippen molar-refractivity contribution in [2.45, 2.75) is 13.8 Å². The van der Waals surface area contributed by atoms with E-state index in [9.17, 15) is 9.59 Å². The summed E-state index contributed by atoms with van der Waals surface area (Å²) in [5.41, 5.74) is 1.58. The number of carboxylic acid groups (broad SMARTS) is 1. The monoisotopic (exact) mass is 314 g/mol. The highest BCUT2D eigenvalue weighted by molar-refractivity contribution is 9.10. The van der Waals surface area contributed by atoms with E-state index >= 15 is 0 Å². The number of nitrogens with zero attached hydrogens (tertiary/aromatic N) is 1. The Morgan fingerprint density at radius 2 is 2.11 bits per heavy atom. The van der Waals surface area contributed by atoms with Crippen LogP contribution in [0.25, 0.3) is 0 Å². The van der Waals surface area contributed by atoms with Gasteiger partial charge in [-0.1, -0.05) is 22.0 Å². The average Bonchev–Trinajstić information content (AvgIpc) is 2.30. The second kappa shape index (κ2) is 6.39. The predicted octanol–water partition coefficient (Wildman–Crippen LogP) is 2.70. The van der Waals surface area contributed by atoms with Crippen LogP contribution >= 0.6 is 15.9 Å². The van der Waals surface area contributed by atoms with Crippen LogP contribution in [0.1, 0.15) is 12.5 Å². The summed E-state index contributed by atoms with van der Waals surface area (Å²) in [5, 5.41) is 11.4. The number of amides is 2. The van der Waals surface area contributed by atoms with Crippen LogP contribution in [0.5, 0.6) is 0 Å². The Morgan fingerprint density at radius 3 is 2.67 bits per heavy atom. The van der Waals surface area contributed by atoms with Gasteiger partial charge in [-0.05, 0) is 31.5 Å². The Kier molecular flexibility index (Phi) is 5.15. The van der Waals surface area contributed by atoms with Crippen LogP contribution < -0.4 is 5.32 Å². The molecule has 1 rings (SSSR count). The van der Waals surface area contributed by atoms with E-state index in [1.807, 2.05) is 19.1 Å². The summed E-state index contributed by atoms with van der Waals surface area (Å²) in [6.07, 6.45) is 0. The molecule has 0 saturated carbocycles. The van der Waals surface area contributed by atoms with Gasteiger partial charge in [0.05, 0.1) is 0 Å². The van der Waals surface area contributed by atoms with E-state index in [1.165, 1.54) is 4.90 Å². The summed E-state index contributed by atoms with van der Waals surface area (Å²) in [7, 11) is 0. The Labute approximate surface area is 114 Å². The van der Waals surface area contributed by atoms with Crippen molar-refractivity contribution in [1.29, 1.82) is 0 Å². The minimum absolute atomic E-state index is 0.310. The van der Waals surface area contributed by atoms with E-state index in [2.05, 4.69) is 21.2 Å². The van der Waals surface area contributed by atoms with Crippen LogP contribution in [0, 0.1) is 6.92 Å². The number of aryl methyl sites for hydroxylation is 1. The maximum absolute atomic E-state index is 11.9. The fourth-order valence-corrected chi connectivity index (χ4v) is 1.77. The first kappa shape index (κ1) is 14.5. The predicted molar refractivity (Wildman–Crippen MR) is 72.8 cm³/mol. The number of anilines is 1. The van der Waals surface area contributed by atoms with Crippen molar-refractivity contribution in [2.75, 3.05) is 18.4 Å². The van der Waals surface area contributed by atoms with Crippen LogP contribution in [-0.2, 0) is 4.79 Å². The Morgan fingerprint density at radius 1 is 1.44 bits per heavy atom. The Balaban J connectivity index is 2.79. The van der Waals surface area contributed by atoms with Crippen LogP contribution in [-0.4, -0.2) is 35.1 Å². The lowest BCUT2D eigenvalue weighted by atomic mass is 10.2. The zero-order valence-corrected chi connectivity index (χ0v) is 11.8. The molecule has 0 aliphatic heterocycles. The lowest BCUT2D eigenvalue weighted by molar-refractivity contribution is -0.137. The smallest absolute Gasteiger partial charge is 0.323 e. The maximum atomic E-state index is 11.9. The van der Waals surface area contributed by atoms with Crippen molar-refractivity contribution in [2.24, 2.45) is 0 Å². The zero-order valence-electron chi connectivity index (χ0n) is 10.2. The summed E-state index contributed by atoms with van der Waals surface area (Å²) in [4.78, 5) is 23.7. The molecule has 0 radical (unpaired) electrons. The molecule has 0 saturated heterocycles.